The molecule has 0 aliphatic rings. The van der Waals surface area contributed by atoms with Gasteiger partial charge in [0.25, 0.3) is 0 Å². The minimum atomic E-state index is -1.01. The van der Waals surface area contributed by atoms with Crippen LogP contribution in [0.2, 0.25) is 0 Å². The maximum absolute atomic E-state index is 11.1. The molecule has 0 amide bonds. The van der Waals surface area contributed by atoms with Crippen molar-refractivity contribution in [2.24, 2.45) is 4.99 Å². The Balaban J connectivity index is 3.98. The first-order chi connectivity index (χ1) is 4.48. The molecule has 60 valence electrons. The molecule has 0 radical (unpaired) electrons. The Hall–Kier alpha value is 0.110. The smallest absolute Gasteiger partial charge is 0.114 e. The first-order valence-electron chi connectivity index (χ1n) is 2.95. The molecule has 0 spiro atoms. The fraction of sp³-hybridized carbons (Fsp3) is 0.833. The van der Waals surface area contributed by atoms with Crippen LogP contribution in [0.3, 0.4) is 0 Å². The van der Waals surface area contributed by atoms with Gasteiger partial charge in [-0.25, -0.2) is 0 Å². The molecule has 1 unspecified atom stereocenters. The van der Waals surface area contributed by atoms with Crippen molar-refractivity contribution in [1.82, 2.24) is 0 Å². The highest BCUT2D eigenvalue weighted by Crippen LogP contribution is 2.08. The number of nitrogens with zero attached hydrogens (tertiary/aromatic N) is 1. The van der Waals surface area contributed by atoms with Crippen molar-refractivity contribution in [2.75, 3.05) is 6.00 Å². The first-order valence-corrected chi connectivity index (χ1v) is 4.70. The Morgan fingerprint density at radius 3 is 2.40 bits per heavy atom. The summed E-state index contributed by atoms with van der Waals surface area (Å²) in [5, 5.41) is 0. The third kappa shape index (κ3) is 4.01. The van der Waals surface area contributed by atoms with Gasteiger partial charge in [-0.2, -0.15) is 0 Å². The summed E-state index contributed by atoms with van der Waals surface area (Å²) < 4.78 is 10.9. The van der Waals surface area contributed by atoms with Gasteiger partial charge in [0.05, 0.1) is 16.3 Å². The average Bonchev–Trinajstić information content (AvgIpc) is 1.80. The van der Waals surface area contributed by atoms with Crippen LogP contribution in [0.5, 0.6) is 0 Å². The molecule has 0 aliphatic heterocycles. The van der Waals surface area contributed by atoms with E-state index in [1.807, 2.05) is 20.8 Å². The fourth-order valence-corrected chi connectivity index (χ4v) is 0.931. The molecule has 10 heavy (non-hydrogen) atoms. The molecule has 0 saturated carbocycles. The third-order valence-electron chi connectivity index (χ3n) is 0.843. The van der Waals surface area contributed by atoms with Crippen molar-refractivity contribution in [3.05, 3.63) is 0 Å². The zero-order chi connectivity index (χ0) is 8.20. The first kappa shape index (κ1) is 10.1. The molecular weight excluding hydrogens is 170 g/mol. The minimum absolute atomic E-state index is 0.182. The predicted molar refractivity (Wildman–Crippen MR) is 47.1 cm³/mol. The Labute approximate surface area is 69.1 Å². The highest BCUT2D eigenvalue weighted by atomic mass is 35.5. The summed E-state index contributed by atoms with van der Waals surface area (Å²) in [6.45, 7) is 5.68. The molecule has 0 fully saturated rings. The summed E-state index contributed by atoms with van der Waals surface area (Å²) in [6.07, 6.45) is 0. The average molecular weight is 182 g/mol. The van der Waals surface area contributed by atoms with Crippen molar-refractivity contribution in [3.8, 4) is 0 Å². The van der Waals surface area contributed by atoms with Crippen LogP contribution in [0.1, 0.15) is 20.8 Å². The molecule has 0 aromatic rings. The van der Waals surface area contributed by atoms with Crippen LogP contribution in [0.15, 0.2) is 4.99 Å². The van der Waals surface area contributed by atoms with Gasteiger partial charge < -0.3 is 0 Å². The van der Waals surface area contributed by atoms with E-state index >= 15 is 0 Å². The van der Waals surface area contributed by atoms with Crippen LogP contribution < -0.4 is 0 Å². The molecule has 0 heterocycles. The lowest BCUT2D eigenvalue weighted by Gasteiger charge is -2.12. The number of hydrogen-bond donors (Lipinski definition) is 0. The number of alkyl halides is 1. The Kier molecular flexibility index (Phi) is 4.13. The monoisotopic (exact) mass is 181 g/mol. The topological polar surface area (TPSA) is 29.4 Å². The number of halogens is 1. The van der Waals surface area contributed by atoms with Gasteiger partial charge in [0.1, 0.15) is 6.00 Å². The number of rotatable bonds is 2. The van der Waals surface area contributed by atoms with E-state index in [9.17, 15) is 4.21 Å². The highest BCUT2D eigenvalue weighted by molar-refractivity contribution is 7.99. The minimum Gasteiger partial charge on any atom is -0.268 e. The van der Waals surface area contributed by atoms with Gasteiger partial charge in [0.15, 0.2) is 0 Å². The van der Waals surface area contributed by atoms with Crippen LogP contribution in [-0.4, -0.2) is 20.5 Å². The molecule has 0 bridgehead atoms. The van der Waals surface area contributed by atoms with Crippen molar-refractivity contribution < 1.29 is 4.21 Å². The van der Waals surface area contributed by atoms with E-state index in [4.69, 9.17) is 11.6 Å². The summed E-state index contributed by atoms with van der Waals surface area (Å²) in [7, 11) is -1.01. The second kappa shape index (κ2) is 4.09. The van der Waals surface area contributed by atoms with Crippen LogP contribution in [0, 0.1) is 0 Å². The molecule has 0 aromatic carbocycles. The summed E-state index contributed by atoms with van der Waals surface area (Å²) >= 11 is 5.26. The van der Waals surface area contributed by atoms with E-state index in [1.54, 1.807) is 0 Å². The predicted octanol–water partition coefficient (Wildman–Crippen LogP) is 1.76. The van der Waals surface area contributed by atoms with E-state index in [0.29, 0.717) is 0 Å². The second-order valence-electron chi connectivity index (χ2n) is 2.82. The fourth-order valence-electron chi connectivity index (χ4n) is 0.254. The number of hydrogen-bond acceptors (Lipinski definition) is 2. The van der Waals surface area contributed by atoms with E-state index in [2.05, 4.69) is 4.99 Å². The maximum Gasteiger partial charge on any atom is 0.114 e. The van der Waals surface area contributed by atoms with Gasteiger partial charge in [-0.05, 0) is 20.8 Å². The lowest BCUT2D eigenvalue weighted by molar-refractivity contribution is 0.659. The van der Waals surface area contributed by atoms with Gasteiger partial charge in [-0.1, -0.05) is 0 Å². The van der Waals surface area contributed by atoms with Gasteiger partial charge in [0, 0.05) is 4.75 Å². The SMILES string of the molecule is CC(C)(C)S(=O)/C=N/CCl. The van der Waals surface area contributed by atoms with Crippen molar-refractivity contribution in [3.63, 3.8) is 0 Å². The Bertz CT molecular complexity index is 150. The molecular formula is C6H12ClNOS. The molecule has 4 heteroatoms. The maximum atomic E-state index is 11.1. The summed E-state index contributed by atoms with van der Waals surface area (Å²) in [4.78, 5) is 3.68. The standard InChI is InChI=1S/C6H12ClNOS/c1-6(2,3)10(9)5-8-4-7/h5H,4H2,1-3H3/b8-5+. The van der Waals surface area contributed by atoms with Crippen LogP contribution in [-0.2, 0) is 10.8 Å². The normalized spacial score (nSPS) is 16.0. The van der Waals surface area contributed by atoms with Crippen molar-refractivity contribution in [2.45, 2.75) is 25.5 Å². The van der Waals surface area contributed by atoms with Gasteiger partial charge in [-0.3, -0.25) is 9.20 Å². The van der Waals surface area contributed by atoms with Gasteiger partial charge in [-0.15, -0.1) is 11.6 Å². The largest absolute Gasteiger partial charge is 0.268 e. The van der Waals surface area contributed by atoms with Gasteiger partial charge in [0.2, 0.25) is 0 Å². The van der Waals surface area contributed by atoms with E-state index in [0.717, 1.165) is 0 Å². The van der Waals surface area contributed by atoms with Crippen molar-refractivity contribution in [1.29, 1.82) is 0 Å². The highest BCUT2D eigenvalue weighted by Gasteiger charge is 2.16. The molecule has 0 aliphatic carbocycles. The molecule has 0 N–H and O–H groups in total. The lowest BCUT2D eigenvalue weighted by Crippen LogP contribution is -2.22. The summed E-state index contributed by atoms with van der Waals surface area (Å²) in [6, 6.07) is 0.182. The molecule has 0 rings (SSSR count). The molecule has 0 saturated heterocycles. The number of aliphatic imine (C=N–C) groups is 1. The molecule has 2 nitrogen and oxygen atoms in total. The van der Waals surface area contributed by atoms with E-state index < -0.39 is 10.8 Å². The van der Waals surface area contributed by atoms with Crippen LogP contribution >= 0.6 is 11.6 Å². The summed E-state index contributed by atoms with van der Waals surface area (Å²) in [5.74, 6) is 0. The zero-order valence-electron chi connectivity index (χ0n) is 6.43. The Morgan fingerprint density at radius 2 is 2.10 bits per heavy atom. The summed E-state index contributed by atoms with van der Waals surface area (Å²) in [5.41, 5.74) is 1.40. The van der Waals surface area contributed by atoms with Crippen LogP contribution in [0.25, 0.3) is 0 Å². The van der Waals surface area contributed by atoms with E-state index in [-0.39, 0.29) is 10.8 Å². The third-order valence-corrected chi connectivity index (χ3v) is 2.53. The van der Waals surface area contributed by atoms with Crippen molar-refractivity contribution >= 4 is 27.9 Å². The lowest BCUT2D eigenvalue weighted by atomic mass is 10.3. The molecule has 1 atom stereocenters. The van der Waals surface area contributed by atoms with Crippen LogP contribution in [0.4, 0.5) is 0 Å². The van der Waals surface area contributed by atoms with E-state index in [1.165, 1.54) is 5.55 Å². The zero-order valence-corrected chi connectivity index (χ0v) is 8.00. The quantitative estimate of drug-likeness (QED) is 0.276. The van der Waals surface area contributed by atoms with Gasteiger partial charge >= 0.3 is 0 Å². The second-order valence-corrected chi connectivity index (χ2v) is 5.09. The Morgan fingerprint density at radius 1 is 1.60 bits per heavy atom. The molecule has 0 aromatic heterocycles.